The number of halogens is 1. The van der Waals surface area contributed by atoms with Crippen LogP contribution in [-0.2, 0) is 20.1 Å². The van der Waals surface area contributed by atoms with E-state index in [4.69, 9.17) is 13.1 Å². The molecule has 0 N–H and O–H groups in total. The maximum Gasteiger partial charge on any atom is 0.208 e. The molecule has 6 nitrogen and oxygen atoms in total. The van der Waals surface area contributed by atoms with Crippen molar-refractivity contribution in [1.29, 1.82) is 0 Å². The zero-order valence-electron chi connectivity index (χ0n) is 16.5. The molecule has 0 saturated carbocycles. The van der Waals surface area contributed by atoms with Crippen LogP contribution in [0.4, 0.5) is 22.7 Å². The van der Waals surface area contributed by atoms with Crippen LogP contribution in [0.15, 0.2) is 67.3 Å². The molecule has 2 aromatic rings. The van der Waals surface area contributed by atoms with Crippen LogP contribution in [0.3, 0.4) is 0 Å². The molecule has 2 aliphatic heterocycles. The van der Waals surface area contributed by atoms with Gasteiger partial charge in [0.25, 0.3) is 0 Å². The normalized spacial score (nSPS) is 13.6. The number of hydrogen-bond donors (Lipinski definition) is 0. The van der Waals surface area contributed by atoms with Gasteiger partial charge in [0.1, 0.15) is 6.57 Å². The first-order valence-electron chi connectivity index (χ1n) is 8.64. The SMILES string of the molecule is [C-]#[N+]c1c[c-]c(N2C=CN(C)[CH-]2)cc1.[C-]#[N+]c1ccc(N2C=CN(C)C2)cc1.[I-].[Ir]. The van der Waals surface area contributed by atoms with Gasteiger partial charge in [-0.15, -0.1) is 11.8 Å². The predicted octanol–water partition coefficient (Wildman–Crippen LogP) is 1.80. The Hall–Kier alpha value is -2.52. The van der Waals surface area contributed by atoms with Crippen LogP contribution in [0.5, 0.6) is 0 Å². The largest absolute Gasteiger partial charge is 1.00 e. The Kier molecular flexibility index (Phi) is 10.4. The molecule has 0 fully saturated rings. The van der Waals surface area contributed by atoms with Crippen molar-refractivity contribution in [2.45, 2.75) is 0 Å². The Labute approximate surface area is 209 Å². The van der Waals surface area contributed by atoms with Crippen LogP contribution < -0.4 is 33.8 Å². The zero-order valence-corrected chi connectivity index (χ0v) is 21.1. The summed E-state index contributed by atoms with van der Waals surface area (Å²) in [4.78, 5) is 14.8. The molecule has 2 aromatic carbocycles. The van der Waals surface area contributed by atoms with Crippen LogP contribution in [0, 0.1) is 25.9 Å². The third kappa shape index (κ3) is 6.77. The summed E-state index contributed by atoms with van der Waals surface area (Å²) in [6.45, 7) is 16.5. The fourth-order valence-corrected chi connectivity index (χ4v) is 2.65. The summed E-state index contributed by atoms with van der Waals surface area (Å²) in [6.07, 6.45) is 7.97. The summed E-state index contributed by atoms with van der Waals surface area (Å²) in [6, 6.07) is 16.0. The molecule has 0 spiro atoms. The van der Waals surface area contributed by atoms with Gasteiger partial charge >= 0.3 is 0 Å². The van der Waals surface area contributed by atoms with Crippen LogP contribution in [-0.4, -0.2) is 30.6 Å². The van der Waals surface area contributed by atoms with Gasteiger partial charge in [-0.3, -0.25) is 0 Å². The van der Waals surface area contributed by atoms with Crippen molar-refractivity contribution in [2.75, 3.05) is 30.6 Å². The average molecular weight is 688 g/mol. The summed E-state index contributed by atoms with van der Waals surface area (Å²) in [5.41, 5.74) is 3.37. The third-order valence-corrected chi connectivity index (χ3v) is 4.14. The van der Waals surface area contributed by atoms with Gasteiger partial charge in [0, 0.05) is 45.2 Å². The van der Waals surface area contributed by atoms with Gasteiger partial charge in [-0.2, -0.15) is 12.7 Å². The van der Waals surface area contributed by atoms with E-state index in [-0.39, 0.29) is 44.1 Å². The monoisotopic (exact) mass is 688 g/mol. The molecular weight excluding hydrogens is 667 g/mol. The predicted molar refractivity (Wildman–Crippen MR) is 112 cm³/mol. The second kappa shape index (κ2) is 12.2. The van der Waals surface area contributed by atoms with Crippen molar-refractivity contribution in [3.8, 4) is 0 Å². The molecule has 0 saturated heterocycles. The summed E-state index contributed by atoms with van der Waals surface area (Å²) in [5.74, 6) is 0. The number of anilines is 2. The topological polar surface area (TPSA) is 21.7 Å². The molecule has 4 rings (SSSR count). The van der Waals surface area contributed by atoms with Crippen molar-refractivity contribution in [3.05, 3.63) is 103 Å². The number of rotatable bonds is 2. The van der Waals surface area contributed by atoms with Crippen molar-refractivity contribution in [3.63, 3.8) is 0 Å². The summed E-state index contributed by atoms with van der Waals surface area (Å²) < 4.78 is 0. The minimum Gasteiger partial charge on any atom is -1.00 e. The van der Waals surface area contributed by atoms with Gasteiger partial charge in [-0.05, 0) is 31.6 Å². The molecule has 2 aliphatic rings. The van der Waals surface area contributed by atoms with E-state index in [0.717, 1.165) is 18.0 Å². The van der Waals surface area contributed by atoms with E-state index in [1.807, 2.05) is 85.7 Å². The minimum atomic E-state index is 0. The van der Waals surface area contributed by atoms with Crippen LogP contribution >= 0.6 is 0 Å². The fraction of sp³-hybridized carbons (Fsp3) is 0.136. The number of benzene rings is 2. The van der Waals surface area contributed by atoms with Gasteiger partial charge in [-0.25, -0.2) is 9.69 Å². The van der Waals surface area contributed by atoms with E-state index in [9.17, 15) is 0 Å². The Morgan fingerprint density at radius 2 is 1.57 bits per heavy atom. The maximum absolute atomic E-state index is 6.84. The minimum absolute atomic E-state index is 0. The van der Waals surface area contributed by atoms with Gasteiger partial charge in [0.05, 0.1) is 13.2 Å². The Balaban J connectivity index is 0.000000281. The zero-order chi connectivity index (χ0) is 19.9. The van der Waals surface area contributed by atoms with E-state index < -0.39 is 0 Å². The summed E-state index contributed by atoms with van der Waals surface area (Å²) >= 11 is 0. The van der Waals surface area contributed by atoms with Crippen molar-refractivity contribution < 1.29 is 44.1 Å². The summed E-state index contributed by atoms with van der Waals surface area (Å²) in [5, 5.41) is 0. The molecule has 2 heterocycles. The molecule has 0 amide bonds. The van der Waals surface area contributed by atoms with Gasteiger partial charge in [0.2, 0.25) is 5.69 Å². The molecule has 8 heteroatoms. The molecule has 0 unspecified atom stereocenters. The average Bonchev–Trinajstić information content (AvgIpc) is 3.37. The Morgan fingerprint density at radius 1 is 0.900 bits per heavy atom. The van der Waals surface area contributed by atoms with E-state index in [2.05, 4.69) is 25.6 Å². The quantitative estimate of drug-likeness (QED) is 0.355. The van der Waals surface area contributed by atoms with Gasteiger partial charge in [-0.1, -0.05) is 24.3 Å². The maximum atomic E-state index is 6.84. The van der Waals surface area contributed by atoms with Crippen LogP contribution in [0.25, 0.3) is 9.69 Å². The number of nitrogens with zero attached hydrogens (tertiary/aromatic N) is 6. The van der Waals surface area contributed by atoms with Crippen molar-refractivity contribution in [1.82, 2.24) is 9.80 Å². The molecule has 0 aliphatic carbocycles. The van der Waals surface area contributed by atoms with Crippen molar-refractivity contribution >= 4 is 22.7 Å². The van der Waals surface area contributed by atoms with E-state index >= 15 is 0 Å². The van der Waals surface area contributed by atoms with E-state index in [0.29, 0.717) is 11.4 Å². The summed E-state index contributed by atoms with van der Waals surface area (Å²) in [7, 11) is 3.99. The molecule has 0 bridgehead atoms. The first-order chi connectivity index (χ1) is 13.6. The van der Waals surface area contributed by atoms with Gasteiger partial charge in [0.15, 0.2) is 5.69 Å². The smallest absolute Gasteiger partial charge is 0.208 e. The second-order valence-corrected chi connectivity index (χ2v) is 6.32. The molecule has 0 aromatic heterocycles. The first-order valence-corrected chi connectivity index (χ1v) is 8.64. The first kappa shape index (κ1) is 25.5. The number of hydrogen-bond acceptors (Lipinski definition) is 4. The Bertz CT molecular complexity index is 864. The third-order valence-electron chi connectivity index (χ3n) is 4.14. The molecule has 1 radical (unpaired) electrons. The van der Waals surface area contributed by atoms with Gasteiger partial charge < -0.3 is 43.6 Å². The van der Waals surface area contributed by atoms with Crippen LogP contribution in [0.1, 0.15) is 0 Å². The fourth-order valence-electron chi connectivity index (χ4n) is 2.65. The van der Waals surface area contributed by atoms with E-state index in [1.165, 1.54) is 0 Å². The van der Waals surface area contributed by atoms with Crippen LogP contribution in [0.2, 0.25) is 0 Å². The molecule has 0 atom stereocenters. The molecule has 157 valence electrons. The molecule has 30 heavy (non-hydrogen) atoms. The van der Waals surface area contributed by atoms with E-state index in [1.54, 1.807) is 12.1 Å². The molecular formula is C22H20IIrN6-3. The standard InChI is InChI=1S/C11H11N3.C11H9N3.HI.Ir/c2*1-12-10-3-5-11(6-4-10)14-8-7-13(2)9-14;;/h3-8H,9H2,2H3;3-5,7-9H,2H3;1H;/q;-2;;/p-1. The second-order valence-electron chi connectivity index (χ2n) is 6.32. The van der Waals surface area contributed by atoms with Crippen molar-refractivity contribution in [2.24, 2.45) is 0 Å². The Morgan fingerprint density at radius 3 is 2.03 bits per heavy atom.